The number of ether oxygens (including phenoxy) is 1. The third kappa shape index (κ3) is 4.32. The van der Waals surface area contributed by atoms with Crippen LogP contribution in [0.3, 0.4) is 0 Å². The fourth-order valence-corrected chi connectivity index (χ4v) is 3.80. The lowest BCUT2D eigenvalue weighted by molar-refractivity contribution is 0.122. The summed E-state index contributed by atoms with van der Waals surface area (Å²) in [7, 11) is 0. The highest BCUT2D eigenvalue weighted by Crippen LogP contribution is 2.32. The maximum absolute atomic E-state index is 13.0. The molecule has 7 heteroatoms. The Morgan fingerprint density at radius 2 is 1.81 bits per heavy atom. The van der Waals surface area contributed by atoms with Crippen LogP contribution in [0.15, 0.2) is 59.7 Å². The van der Waals surface area contributed by atoms with Gasteiger partial charge in [-0.2, -0.15) is 5.10 Å². The molecule has 0 atom stereocenters. The average molecular weight is 382 g/mol. The Labute approximate surface area is 161 Å². The van der Waals surface area contributed by atoms with Gasteiger partial charge in [0, 0.05) is 18.7 Å². The number of anilines is 2. The first-order chi connectivity index (χ1) is 13.3. The smallest absolute Gasteiger partial charge is 0.186 e. The van der Waals surface area contributed by atoms with Gasteiger partial charge in [-0.15, -0.1) is 0 Å². The molecule has 5 nitrogen and oxygen atoms in total. The number of hydrogen-bond acceptors (Lipinski definition) is 6. The van der Waals surface area contributed by atoms with Gasteiger partial charge >= 0.3 is 0 Å². The van der Waals surface area contributed by atoms with Crippen molar-refractivity contribution in [3.8, 4) is 11.3 Å². The molecule has 0 saturated carbocycles. The standard InChI is InChI=1S/C20H19FN4OS/c21-16-6-8-17(9-7-16)24-22-14-18-19(15-4-2-1-3-5-15)23-20(27-18)25-10-12-26-13-11-25/h1-9,14,24H,10-13H2. The van der Waals surface area contributed by atoms with E-state index in [2.05, 4.69) is 15.4 Å². The topological polar surface area (TPSA) is 49.8 Å². The summed E-state index contributed by atoms with van der Waals surface area (Å²) in [4.78, 5) is 8.07. The normalized spacial score (nSPS) is 14.6. The summed E-state index contributed by atoms with van der Waals surface area (Å²) in [5.74, 6) is -0.270. The summed E-state index contributed by atoms with van der Waals surface area (Å²) in [6.45, 7) is 3.11. The van der Waals surface area contributed by atoms with Crippen LogP contribution < -0.4 is 10.3 Å². The molecule has 138 valence electrons. The van der Waals surface area contributed by atoms with Gasteiger partial charge in [0.25, 0.3) is 0 Å². The van der Waals surface area contributed by atoms with Crippen molar-refractivity contribution in [2.45, 2.75) is 0 Å². The van der Waals surface area contributed by atoms with Crippen molar-refractivity contribution in [3.05, 3.63) is 65.3 Å². The molecule has 0 spiro atoms. The number of nitrogens with zero attached hydrogens (tertiary/aromatic N) is 3. The highest BCUT2D eigenvalue weighted by Gasteiger charge is 2.18. The van der Waals surface area contributed by atoms with Gasteiger partial charge in [0.2, 0.25) is 0 Å². The quantitative estimate of drug-likeness (QED) is 0.530. The van der Waals surface area contributed by atoms with E-state index in [4.69, 9.17) is 9.72 Å². The highest BCUT2D eigenvalue weighted by atomic mass is 32.1. The molecule has 0 radical (unpaired) electrons. The molecule has 3 aromatic rings. The van der Waals surface area contributed by atoms with E-state index in [1.54, 1.807) is 29.7 Å². The van der Waals surface area contributed by atoms with Crippen LogP contribution in [-0.4, -0.2) is 37.5 Å². The lowest BCUT2D eigenvalue weighted by Gasteiger charge is -2.26. The third-order valence-electron chi connectivity index (χ3n) is 4.19. The molecule has 1 aromatic heterocycles. The second kappa shape index (κ2) is 8.28. The second-order valence-corrected chi connectivity index (χ2v) is 7.06. The summed E-state index contributed by atoms with van der Waals surface area (Å²) in [6.07, 6.45) is 1.77. The molecule has 1 aliphatic heterocycles. The van der Waals surface area contributed by atoms with Crippen molar-refractivity contribution in [2.24, 2.45) is 5.10 Å². The van der Waals surface area contributed by atoms with Gasteiger partial charge in [-0.1, -0.05) is 41.7 Å². The van der Waals surface area contributed by atoms with Gasteiger partial charge in [0.15, 0.2) is 5.13 Å². The van der Waals surface area contributed by atoms with Crippen molar-refractivity contribution in [1.29, 1.82) is 0 Å². The molecule has 4 rings (SSSR count). The first-order valence-electron chi connectivity index (χ1n) is 8.73. The summed E-state index contributed by atoms with van der Waals surface area (Å²) in [5.41, 5.74) is 5.63. The van der Waals surface area contributed by atoms with Gasteiger partial charge in [-0.25, -0.2) is 9.37 Å². The molecule has 2 heterocycles. The molecule has 1 saturated heterocycles. The van der Waals surface area contributed by atoms with E-state index in [1.165, 1.54) is 12.1 Å². The van der Waals surface area contributed by atoms with Crippen molar-refractivity contribution in [2.75, 3.05) is 36.6 Å². The van der Waals surface area contributed by atoms with Crippen LogP contribution in [0.2, 0.25) is 0 Å². The van der Waals surface area contributed by atoms with Crippen LogP contribution in [0.25, 0.3) is 11.3 Å². The van der Waals surface area contributed by atoms with Gasteiger partial charge in [0.05, 0.1) is 35.7 Å². The molecule has 1 aliphatic rings. The van der Waals surface area contributed by atoms with Crippen LogP contribution in [-0.2, 0) is 4.74 Å². The number of hydrogen-bond donors (Lipinski definition) is 1. The largest absolute Gasteiger partial charge is 0.378 e. The minimum absolute atomic E-state index is 0.270. The summed E-state index contributed by atoms with van der Waals surface area (Å²) in [5, 5.41) is 5.29. The summed E-state index contributed by atoms with van der Waals surface area (Å²) >= 11 is 1.61. The molecular formula is C20H19FN4OS. The molecule has 0 bridgehead atoms. The second-order valence-electron chi connectivity index (χ2n) is 6.05. The predicted molar refractivity (Wildman–Crippen MR) is 108 cm³/mol. The first-order valence-corrected chi connectivity index (χ1v) is 9.55. The van der Waals surface area contributed by atoms with Crippen LogP contribution in [0.1, 0.15) is 4.88 Å². The number of rotatable bonds is 5. The van der Waals surface area contributed by atoms with E-state index in [1.807, 2.05) is 30.3 Å². The fourth-order valence-electron chi connectivity index (χ4n) is 2.79. The maximum Gasteiger partial charge on any atom is 0.186 e. The Kier molecular flexibility index (Phi) is 5.41. The zero-order valence-corrected chi connectivity index (χ0v) is 15.5. The number of nitrogens with one attached hydrogen (secondary N) is 1. The fraction of sp³-hybridized carbons (Fsp3) is 0.200. The molecule has 0 unspecified atom stereocenters. The van der Waals surface area contributed by atoms with Gasteiger partial charge in [-0.05, 0) is 24.3 Å². The third-order valence-corrected chi connectivity index (χ3v) is 5.24. The molecule has 2 aromatic carbocycles. The van der Waals surface area contributed by atoms with Crippen LogP contribution in [0.5, 0.6) is 0 Å². The minimum Gasteiger partial charge on any atom is -0.378 e. The number of hydrazone groups is 1. The Morgan fingerprint density at radius 3 is 2.56 bits per heavy atom. The Morgan fingerprint density at radius 1 is 1.07 bits per heavy atom. The van der Waals surface area contributed by atoms with E-state index in [9.17, 15) is 4.39 Å². The van der Waals surface area contributed by atoms with E-state index in [0.29, 0.717) is 0 Å². The van der Waals surface area contributed by atoms with Crippen LogP contribution >= 0.6 is 11.3 Å². The zero-order chi connectivity index (χ0) is 18.5. The van der Waals surface area contributed by atoms with Crippen LogP contribution in [0.4, 0.5) is 15.2 Å². The Balaban J connectivity index is 1.60. The van der Waals surface area contributed by atoms with Crippen molar-refractivity contribution < 1.29 is 9.13 Å². The molecule has 0 aliphatic carbocycles. The van der Waals surface area contributed by atoms with E-state index in [-0.39, 0.29) is 5.82 Å². The first kappa shape index (κ1) is 17.6. The van der Waals surface area contributed by atoms with Crippen molar-refractivity contribution >= 4 is 28.4 Å². The molecule has 1 N–H and O–H groups in total. The number of thiazole rings is 1. The molecule has 1 fully saturated rings. The minimum atomic E-state index is -0.270. The maximum atomic E-state index is 13.0. The number of benzene rings is 2. The molecule has 27 heavy (non-hydrogen) atoms. The predicted octanol–water partition coefficient (Wildman–Crippen LogP) is 4.23. The lowest BCUT2D eigenvalue weighted by Crippen LogP contribution is -2.36. The average Bonchev–Trinajstić information content (AvgIpc) is 3.15. The number of aromatic nitrogens is 1. The molecule has 0 amide bonds. The van der Waals surface area contributed by atoms with E-state index in [0.717, 1.165) is 53.3 Å². The monoisotopic (exact) mass is 382 g/mol. The van der Waals surface area contributed by atoms with Gasteiger partial charge in [0.1, 0.15) is 5.82 Å². The number of morpholine rings is 1. The summed E-state index contributed by atoms with van der Waals surface area (Å²) < 4.78 is 18.4. The van der Waals surface area contributed by atoms with Gasteiger partial charge in [-0.3, -0.25) is 5.43 Å². The SMILES string of the molecule is Fc1ccc(NN=Cc2sc(N3CCOCC3)nc2-c2ccccc2)cc1. The summed E-state index contributed by atoms with van der Waals surface area (Å²) in [6, 6.07) is 16.2. The van der Waals surface area contributed by atoms with E-state index < -0.39 is 0 Å². The Hall–Kier alpha value is -2.77. The zero-order valence-electron chi connectivity index (χ0n) is 14.6. The van der Waals surface area contributed by atoms with E-state index >= 15 is 0 Å². The number of halogens is 1. The highest BCUT2D eigenvalue weighted by molar-refractivity contribution is 7.17. The van der Waals surface area contributed by atoms with Crippen molar-refractivity contribution in [3.63, 3.8) is 0 Å². The van der Waals surface area contributed by atoms with Crippen molar-refractivity contribution in [1.82, 2.24) is 4.98 Å². The lowest BCUT2D eigenvalue weighted by atomic mass is 10.1. The molecular weight excluding hydrogens is 363 g/mol. The Bertz CT molecular complexity index is 905. The van der Waals surface area contributed by atoms with Gasteiger partial charge < -0.3 is 9.64 Å². The van der Waals surface area contributed by atoms with Crippen LogP contribution in [0, 0.1) is 5.82 Å².